The smallest absolute Gasteiger partial charge is 0.207 e. The van der Waals surface area contributed by atoms with Crippen molar-refractivity contribution in [2.45, 2.75) is 0 Å². The molecular formula is C12H4Br2O2S2. The van der Waals surface area contributed by atoms with Gasteiger partial charge in [-0.3, -0.25) is 9.59 Å². The van der Waals surface area contributed by atoms with Gasteiger partial charge in [0, 0.05) is 11.1 Å². The SMILES string of the molecule is O=C1/C(=C/c2cc(Br)sc2Br)C(=O)c2sccc21. The number of thiophene rings is 2. The third kappa shape index (κ3) is 1.87. The third-order valence-corrected chi connectivity index (χ3v) is 5.89. The van der Waals surface area contributed by atoms with Crippen LogP contribution in [0.1, 0.15) is 25.6 Å². The molecule has 2 aromatic rings. The van der Waals surface area contributed by atoms with Crippen molar-refractivity contribution in [3.05, 3.63) is 46.7 Å². The molecule has 1 aliphatic rings. The lowest BCUT2D eigenvalue weighted by atomic mass is 10.1. The van der Waals surface area contributed by atoms with E-state index in [1.165, 1.54) is 22.7 Å². The zero-order chi connectivity index (χ0) is 12.9. The second-order valence-corrected chi connectivity index (χ2v) is 8.32. The lowest BCUT2D eigenvalue weighted by Crippen LogP contribution is -2.00. The summed E-state index contributed by atoms with van der Waals surface area (Å²) in [7, 11) is 0. The first kappa shape index (κ1) is 12.5. The second kappa shape index (κ2) is 4.52. The zero-order valence-electron chi connectivity index (χ0n) is 8.70. The highest BCUT2D eigenvalue weighted by Gasteiger charge is 2.34. The Morgan fingerprint density at radius 3 is 2.56 bits per heavy atom. The van der Waals surface area contributed by atoms with E-state index in [1.54, 1.807) is 17.5 Å². The molecule has 0 unspecified atom stereocenters. The molecule has 0 aromatic carbocycles. The van der Waals surface area contributed by atoms with Crippen LogP contribution < -0.4 is 0 Å². The summed E-state index contributed by atoms with van der Waals surface area (Å²) in [5.41, 5.74) is 1.63. The summed E-state index contributed by atoms with van der Waals surface area (Å²) in [5.74, 6) is -0.343. The lowest BCUT2D eigenvalue weighted by Gasteiger charge is -1.93. The maximum atomic E-state index is 12.1. The molecule has 2 aromatic heterocycles. The Hall–Kier alpha value is -0.560. The number of ketones is 2. The van der Waals surface area contributed by atoms with Gasteiger partial charge in [0.15, 0.2) is 5.78 Å². The van der Waals surface area contributed by atoms with E-state index in [9.17, 15) is 9.59 Å². The average Bonchev–Trinajstić information content (AvgIpc) is 2.95. The van der Waals surface area contributed by atoms with Gasteiger partial charge in [-0.05, 0) is 55.4 Å². The monoisotopic (exact) mass is 402 g/mol. The molecule has 1 aliphatic carbocycles. The number of carbonyl (C=O) groups excluding carboxylic acids is 2. The average molecular weight is 404 g/mol. The van der Waals surface area contributed by atoms with Gasteiger partial charge in [0.1, 0.15) is 0 Å². The van der Waals surface area contributed by atoms with Crippen LogP contribution in [0.4, 0.5) is 0 Å². The number of rotatable bonds is 1. The first-order valence-electron chi connectivity index (χ1n) is 4.91. The van der Waals surface area contributed by atoms with Crippen LogP contribution in [0.25, 0.3) is 6.08 Å². The van der Waals surface area contributed by atoms with Gasteiger partial charge in [0.2, 0.25) is 5.78 Å². The molecule has 0 aliphatic heterocycles. The van der Waals surface area contributed by atoms with Crippen LogP contribution >= 0.6 is 54.5 Å². The molecule has 0 amide bonds. The van der Waals surface area contributed by atoms with Crippen LogP contribution in [0, 0.1) is 0 Å². The molecule has 0 fully saturated rings. The number of halogens is 2. The summed E-state index contributed by atoms with van der Waals surface area (Å²) in [6.07, 6.45) is 1.66. The van der Waals surface area contributed by atoms with E-state index in [0.717, 1.165) is 13.1 Å². The van der Waals surface area contributed by atoms with Crippen LogP contribution in [0.3, 0.4) is 0 Å². The summed E-state index contributed by atoms with van der Waals surface area (Å²) in [4.78, 5) is 24.7. The highest BCUT2D eigenvalue weighted by Crippen LogP contribution is 2.36. The fraction of sp³-hybridized carbons (Fsp3) is 0. The molecule has 0 bridgehead atoms. The number of carbonyl (C=O) groups is 2. The molecule has 0 N–H and O–H groups in total. The Bertz CT molecular complexity index is 677. The van der Waals surface area contributed by atoms with Crippen molar-refractivity contribution < 1.29 is 9.59 Å². The Labute approximate surface area is 128 Å². The highest BCUT2D eigenvalue weighted by atomic mass is 79.9. The molecule has 2 heterocycles. The van der Waals surface area contributed by atoms with Gasteiger partial charge in [-0.2, -0.15) is 0 Å². The first-order chi connectivity index (χ1) is 8.58. The van der Waals surface area contributed by atoms with E-state index in [1.807, 2.05) is 6.07 Å². The van der Waals surface area contributed by atoms with Crippen LogP contribution in [-0.4, -0.2) is 11.6 Å². The molecule has 18 heavy (non-hydrogen) atoms. The maximum Gasteiger partial charge on any atom is 0.207 e. The molecule has 0 radical (unpaired) electrons. The standard InChI is InChI=1S/C12H4Br2O2S2/c13-8-4-5(12(14)18-8)3-7-9(15)6-1-2-17-11(6)10(7)16/h1-4H/b7-3-. The van der Waals surface area contributed by atoms with Crippen LogP contribution in [-0.2, 0) is 0 Å². The van der Waals surface area contributed by atoms with Gasteiger partial charge in [-0.25, -0.2) is 0 Å². The molecule has 0 saturated carbocycles. The van der Waals surface area contributed by atoms with E-state index in [0.29, 0.717) is 10.4 Å². The molecule has 3 rings (SSSR count). The molecule has 6 heteroatoms. The highest BCUT2D eigenvalue weighted by molar-refractivity contribution is 9.12. The number of hydrogen-bond acceptors (Lipinski definition) is 4. The summed E-state index contributed by atoms with van der Waals surface area (Å²) in [5, 5.41) is 1.77. The van der Waals surface area contributed by atoms with E-state index >= 15 is 0 Å². The van der Waals surface area contributed by atoms with Crippen molar-refractivity contribution in [1.82, 2.24) is 0 Å². The minimum Gasteiger partial charge on any atom is -0.288 e. The predicted molar refractivity (Wildman–Crippen MR) is 80.7 cm³/mol. The Kier molecular flexibility index (Phi) is 3.13. The molecular weight excluding hydrogens is 400 g/mol. The van der Waals surface area contributed by atoms with E-state index in [2.05, 4.69) is 31.9 Å². The van der Waals surface area contributed by atoms with Gasteiger partial charge in [0.05, 0.1) is 18.0 Å². The quantitative estimate of drug-likeness (QED) is 0.506. The lowest BCUT2D eigenvalue weighted by molar-refractivity contribution is 0.0991. The molecule has 2 nitrogen and oxygen atoms in total. The van der Waals surface area contributed by atoms with Gasteiger partial charge >= 0.3 is 0 Å². The van der Waals surface area contributed by atoms with Crippen molar-refractivity contribution in [2.75, 3.05) is 0 Å². The van der Waals surface area contributed by atoms with Crippen molar-refractivity contribution >= 4 is 72.2 Å². The zero-order valence-corrected chi connectivity index (χ0v) is 13.5. The normalized spacial score (nSPS) is 16.7. The van der Waals surface area contributed by atoms with Crippen molar-refractivity contribution in [2.24, 2.45) is 0 Å². The Morgan fingerprint density at radius 1 is 1.17 bits per heavy atom. The molecule has 0 saturated heterocycles. The second-order valence-electron chi connectivity index (χ2n) is 3.66. The molecule has 0 atom stereocenters. The van der Waals surface area contributed by atoms with E-state index < -0.39 is 0 Å². The maximum absolute atomic E-state index is 12.1. The van der Waals surface area contributed by atoms with Crippen molar-refractivity contribution in [3.63, 3.8) is 0 Å². The number of allylic oxidation sites excluding steroid dienone is 1. The summed E-state index contributed by atoms with van der Waals surface area (Å²) < 4.78 is 1.85. The number of hydrogen-bond donors (Lipinski definition) is 0. The van der Waals surface area contributed by atoms with E-state index in [-0.39, 0.29) is 17.1 Å². The van der Waals surface area contributed by atoms with Gasteiger partial charge in [-0.15, -0.1) is 22.7 Å². The van der Waals surface area contributed by atoms with E-state index in [4.69, 9.17) is 0 Å². The van der Waals surface area contributed by atoms with Crippen LogP contribution in [0.15, 0.2) is 30.7 Å². The Morgan fingerprint density at radius 2 is 1.94 bits per heavy atom. The number of Topliss-reactive ketones (excluding diaryl/α,β-unsaturated/α-hetero) is 2. The molecule has 0 spiro atoms. The minimum atomic E-state index is -0.175. The van der Waals surface area contributed by atoms with Crippen LogP contribution in [0.2, 0.25) is 0 Å². The summed E-state index contributed by atoms with van der Waals surface area (Å²) in [6, 6.07) is 3.59. The topological polar surface area (TPSA) is 34.1 Å². The minimum absolute atomic E-state index is 0.167. The van der Waals surface area contributed by atoms with Crippen molar-refractivity contribution in [3.8, 4) is 0 Å². The van der Waals surface area contributed by atoms with Gasteiger partial charge in [-0.1, -0.05) is 0 Å². The summed E-state index contributed by atoms with van der Waals surface area (Å²) >= 11 is 9.62. The Balaban J connectivity index is 2.10. The largest absolute Gasteiger partial charge is 0.288 e. The first-order valence-corrected chi connectivity index (χ1v) is 8.19. The predicted octanol–water partition coefficient (Wildman–Crippen LogP) is 4.80. The fourth-order valence-corrected chi connectivity index (χ4v) is 5.35. The number of fused-ring (bicyclic) bond motifs is 1. The van der Waals surface area contributed by atoms with Gasteiger partial charge < -0.3 is 0 Å². The van der Waals surface area contributed by atoms with Gasteiger partial charge in [0.25, 0.3) is 0 Å². The van der Waals surface area contributed by atoms with Crippen molar-refractivity contribution in [1.29, 1.82) is 0 Å². The summed E-state index contributed by atoms with van der Waals surface area (Å²) in [6.45, 7) is 0. The van der Waals surface area contributed by atoms with Crippen LogP contribution in [0.5, 0.6) is 0 Å². The molecule has 90 valence electrons. The third-order valence-electron chi connectivity index (χ3n) is 2.59. The fourth-order valence-electron chi connectivity index (χ4n) is 1.77.